The highest BCUT2D eigenvalue weighted by atomic mass is 16.7. The highest BCUT2D eigenvalue weighted by molar-refractivity contribution is 6.08. The number of rotatable bonds is 9. The van der Waals surface area contributed by atoms with E-state index < -0.39 is 5.79 Å². The molecule has 0 bridgehead atoms. The van der Waals surface area contributed by atoms with Crippen molar-refractivity contribution in [2.24, 2.45) is 0 Å². The fourth-order valence-electron chi connectivity index (χ4n) is 1.42. The molecule has 0 spiro atoms. The van der Waals surface area contributed by atoms with E-state index in [0.29, 0.717) is 6.42 Å². The van der Waals surface area contributed by atoms with E-state index in [1.807, 2.05) is 0 Å². The second-order valence-corrected chi connectivity index (χ2v) is 3.48. The van der Waals surface area contributed by atoms with Crippen molar-refractivity contribution in [3.63, 3.8) is 0 Å². The molecule has 0 heterocycles. The molecule has 0 rings (SSSR count). The van der Waals surface area contributed by atoms with Gasteiger partial charge in [0.15, 0.2) is 5.79 Å². The van der Waals surface area contributed by atoms with Crippen LogP contribution in [0.1, 0.15) is 33.1 Å². The van der Waals surface area contributed by atoms with E-state index in [2.05, 4.69) is 0 Å². The van der Waals surface area contributed by atoms with Gasteiger partial charge in [0.1, 0.15) is 27.3 Å². The minimum absolute atomic E-state index is 0.0164. The number of ether oxygens (including phenoxy) is 2. The third kappa shape index (κ3) is 5.47. The Labute approximate surface area is 98.9 Å². The molecule has 0 aliphatic rings. The van der Waals surface area contributed by atoms with Gasteiger partial charge in [0.25, 0.3) is 0 Å². The van der Waals surface area contributed by atoms with Gasteiger partial charge in [-0.15, -0.1) is 0 Å². The molecule has 0 saturated heterocycles. The van der Waals surface area contributed by atoms with Crippen LogP contribution in [0, 0.1) is 0 Å². The first kappa shape index (κ1) is 15.4. The molecular formula is C10H16B2O4. The predicted molar refractivity (Wildman–Crippen MR) is 61.4 cm³/mol. The highest BCUT2D eigenvalue weighted by Gasteiger charge is 2.34. The number of carbonyl (C=O) groups excluding carboxylic acids is 2. The van der Waals surface area contributed by atoms with Gasteiger partial charge in [-0.1, -0.05) is 6.92 Å². The molecule has 0 aromatic heterocycles. The van der Waals surface area contributed by atoms with Crippen LogP contribution in [0.5, 0.6) is 0 Å². The maximum absolute atomic E-state index is 11.4. The molecule has 86 valence electrons. The normalized spacial score (nSPS) is 11.4. The smallest absolute Gasteiger partial charge is 0.180 e. The van der Waals surface area contributed by atoms with Crippen LogP contribution < -0.4 is 0 Å². The summed E-state index contributed by atoms with van der Waals surface area (Å²) in [6, 6.07) is 0. The van der Waals surface area contributed by atoms with E-state index in [0.717, 1.165) is 0 Å². The summed E-state index contributed by atoms with van der Waals surface area (Å²) in [7, 11) is 10.5. The molecule has 0 aromatic rings. The Morgan fingerprint density at radius 3 is 1.94 bits per heavy atom. The quantitative estimate of drug-likeness (QED) is 0.416. The van der Waals surface area contributed by atoms with Crippen molar-refractivity contribution in [2.75, 3.05) is 13.0 Å². The molecule has 4 radical (unpaired) electrons. The largest absolute Gasteiger partial charge is 0.359 e. The Bertz CT molecular complexity index is 237. The average Bonchev–Trinajstić information content (AvgIpc) is 2.17. The number of carbonyl (C=O) groups is 2. The lowest BCUT2D eigenvalue weighted by Crippen LogP contribution is -2.41. The van der Waals surface area contributed by atoms with Crippen molar-refractivity contribution in [2.45, 2.75) is 38.9 Å². The summed E-state index contributed by atoms with van der Waals surface area (Å²) in [4.78, 5) is 22.5. The SMILES string of the molecule is [B]COC(CC(C)=O)(CC(=O)CC)OC[B]. The third-order valence-electron chi connectivity index (χ3n) is 2.07. The minimum atomic E-state index is -1.30. The molecule has 0 aliphatic heterocycles. The third-order valence-corrected chi connectivity index (χ3v) is 2.07. The van der Waals surface area contributed by atoms with Crippen molar-refractivity contribution in [1.29, 1.82) is 0 Å². The molecule has 0 atom stereocenters. The molecule has 0 fully saturated rings. The van der Waals surface area contributed by atoms with E-state index in [-0.39, 0.29) is 37.4 Å². The van der Waals surface area contributed by atoms with Crippen molar-refractivity contribution in [1.82, 2.24) is 0 Å². The Kier molecular flexibility index (Phi) is 7.34. The summed E-state index contributed by atoms with van der Waals surface area (Å²) in [6.45, 7) is 2.85. The fraction of sp³-hybridized carbons (Fsp3) is 0.800. The average molecular weight is 222 g/mol. The van der Waals surface area contributed by atoms with E-state index >= 15 is 0 Å². The van der Waals surface area contributed by atoms with Gasteiger partial charge in [0, 0.05) is 19.4 Å². The fourth-order valence-corrected chi connectivity index (χ4v) is 1.42. The number of ketones is 2. The lowest BCUT2D eigenvalue weighted by atomic mass is 10.0. The van der Waals surface area contributed by atoms with Crippen LogP contribution >= 0.6 is 0 Å². The first-order chi connectivity index (χ1) is 7.49. The zero-order valence-electron chi connectivity index (χ0n) is 9.82. The van der Waals surface area contributed by atoms with Crippen LogP contribution in [0.4, 0.5) is 0 Å². The van der Waals surface area contributed by atoms with Gasteiger partial charge in [-0.05, 0) is 6.92 Å². The van der Waals surface area contributed by atoms with Gasteiger partial charge in [-0.25, -0.2) is 0 Å². The van der Waals surface area contributed by atoms with Crippen LogP contribution in [0.25, 0.3) is 0 Å². The summed E-state index contributed by atoms with van der Waals surface area (Å²) in [5.41, 5.74) is 0. The monoisotopic (exact) mass is 222 g/mol. The van der Waals surface area contributed by atoms with Crippen LogP contribution in [0.3, 0.4) is 0 Å². The van der Waals surface area contributed by atoms with Gasteiger partial charge in [-0.2, -0.15) is 0 Å². The Morgan fingerprint density at radius 2 is 1.62 bits per heavy atom. The molecule has 0 N–H and O–H groups in total. The molecule has 6 heteroatoms. The molecule has 0 amide bonds. The first-order valence-corrected chi connectivity index (χ1v) is 5.19. The van der Waals surface area contributed by atoms with Crippen molar-refractivity contribution < 1.29 is 19.1 Å². The first-order valence-electron chi connectivity index (χ1n) is 5.19. The number of hydrogen-bond acceptors (Lipinski definition) is 4. The van der Waals surface area contributed by atoms with Crippen molar-refractivity contribution >= 4 is 27.3 Å². The van der Waals surface area contributed by atoms with Gasteiger partial charge in [-0.3, -0.25) is 9.59 Å². The van der Waals surface area contributed by atoms with E-state index in [1.54, 1.807) is 6.92 Å². The molecule has 0 aliphatic carbocycles. The number of Topliss-reactive ketones (excluding diaryl/α,β-unsaturated/α-hetero) is 2. The van der Waals surface area contributed by atoms with Crippen molar-refractivity contribution in [3.05, 3.63) is 0 Å². The lowest BCUT2D eigenvalue weighted by Gasteiger charge is -2.32. The van der Waals surface area contributed by atoms with Gasteiger partial charge >= 0.3 is 0 Å². The second kappa shape index (κ2) is 7.63. The van der Waals surface area contributed by atoms with Crippen LogP contribution in [-0.4, -0.2) is 46.1 Å². The van der Waals surface area contributed by atoms with Gasteiger partial charge in [0.2, 0.25) is 0 Å². The molecular weight excluding hydrogens is 206 g/mol. The summed E-state index contributed by atoms with van der Waals surface area (Å²) in [5.74, 6) is -1.52. The maximum Gasteiger partial charge on any atom is 0.180 e. The summed E-state index contributed by atoms with van der Waals surface area (Å²) < 4.78 is 10.4. The standard InChI is InChI=1S/C10H16B2O4/c1-3-9(14)5-10(15-6-11,16-7-12)4-8(2)13/h3-7H2,1-2H3. The summed E-state index contributed by atoms with van der Waals surface area (Å²) >= 11 is 0. The predicted octanol–water partition coefficient (Wildman–Crippen LogP) is 0.316. The van der Waals surface area contributed by atoms with Crippen molar-refractivity contribution in [3.8, 4) is 0 Å². The van der Waals surface area contributed by atoms with Gasteiger partial charge < -0.3 is 9.47 Å². The van der Waals surface area contributed by atoms with Crippen LogP contribution in [-0.2, 0) is 19.1 Å². The lowest BCUT2D eigenvalue weighted by molar-refractivity contribution is -0.221. The summed E-state index contributed by atoms with van der Waals surface area (Å²) in [6.07, 6.45) is 0.298. The molecule has 0 unspecified atom stereocenters. The van der Waals surface area contributed by atoms with Gasteiger partial charge in [0.05, 0.1) is 12.8 Å². The molecule has 0 saturated carbocycles. The zero-order chi connectivity index (χ0) is 12.6. The molecule has 0 aromatic carbocycles. The van der Waals surface area contributed by atoms with Crippen LogP contribution in [0.2, 0.25) is 0 Å². The Morgan fingerprint density at radius 1 is 1.12 bits per heavy atom. The summed E-state index contributed by atoms with van der Waals surface area (Å²) in [5, 5.41) is 0. The number of hydrogen-bond donors (Lipinski definition) is 0. The molecule has 4 nitrogen and oxygen atoms in total. The zero-order valence-corrected chi connectivity index (χ0v) is 9.82. The molecule has 16 heavy (non-hydrogen) atoms. The Balaban J connectivity index is 4.75. The van der Waals surface area contributed by atoms with E-state index in [1.165, 1.54) is 6.92 Å². The van der Waals surface area contributed by atoms with E-state index in [9.17, 15) is 9.59 Å². The minimum Gasteiger partial charge on any atom is -0.359 e. The topological polar surface area (TPSA) is 52.6 Å². The van der Waals surface area contributed by atoms with E-state index in [4.69, 9.17) is 25.2 Å². The maximum atomic E-state index is 11.4. The highest BCUT2D eigenvalue weighted by Crippen LogP contribution is 2.23. The van der Waals surface area contributed by atoms with Crippen LogP contribution in [0.15, 0.2) is 0 Å². The second-order valence-electron chi connectivity index (χ2n) is 3.48. The Hall–Kier alpha value is -0.610.